The molecular formula is C10H13BrClN2O3+. The lowest BCUT2D eigenvalue weighted by atomic mass is 10.1. The molecule has 1 aromatic heterocycles. The van der Waals surface area contributed by atoms with Gasteiger partial charge in [-0.3, -0.25) is 14.8 Å². The highest BCUT2D eigenvalue weighted by Crippen LogP contribution is 2.19. The van der Waals surface area contributed by atoms with Gasteiger partial charge in [-0.05, 0) is 39.5 Å². The molecule has 0 fully saturated rings. The zero-order valence-corrected chi connectivity index (χ0v) is 11.8. The van der Waals surface area contributed by atoms with E-state index in [9.17, 15) is 10.0 Å². The lowest BCUT2D eigenvalue weighted by Crippen LogP contribution is -2.31. The maximum absolute atomic E-state index is 11.5. The fraction of sp³-hybridized carbons (Fsp3) is 0.400. The van der Waals surface area contributed by atoms with E-state index in [1.807, 2.05) is 0 Å². The predicted molar refractivity (Wildman–Crippen MR) is 64.6 cm³/mol. The van der Waals surface area contributed by atoms with E-state index in [0.717, 1.165) is 10.3 Å². The third-order valence-corrected chi connectivity index (χ3v) is 3.28. The van der Waals surface area contributed by atoms with E-state index in [4.69, 9.17) is 16.4 Å². The van der Waals surface area contributed by atoms with Gasteiger partial charge < -0.3 is 0 Å². The molecule has 5 nitrogen and oxygen atoms in total. The molecule has 0 saturated heterocycles. The zero-order chi connectivity index (χ0) is 13.0. The minimum atomic E-state index is -0.128. The van der Waals surface area contributed by atoms with Gasteiger partial charge in [-0.15, -0.1) is 0 Å². The van der Waals surface area contributed by atoms with Crippen molar-refractivity contribution >= 4 is 33.4 Å². The van der Waals surface area contributed by atoms with E-state index in [2.05, 4.69) is 15.9 Å². The third kappa shape index (κ3) is 3.83. The largest absolute Gasteiger partial charge is 0.325 e. The van der Waals surface area contributed by atoms with Gasteiger partial charge in [0.2, 0.25) is 12.1 Å². The van der Waals surface area contributed by atoms with Crippen LogP contribution in [0.25, 0.3) is 0 Å². The first-order valence-electron chi connectivity index (χ1n) is 4.85. The number of hydroxylamine groups is 2. The van der Waals surface area contributed by atoms with Gasteiger partial charge in [-0.2, -0.15) is 0 Å². The molecule has 0 radical (unpaired) electrons. The Morgan fingerprint density at radius 2 is 2.35 bits per heavy atom. The van der Waals surface area contributed by atoms with Gasteiger partial charge in [-0.25, -0.2) is 5.06 Å². The molecule has 0 aliphatic rings. The van der Waals surface area contributed by atoms with Gasteiger partial charge >= 0.3 is 5.15 Å². The number of hydrogen-bond donors (Lipinski definition) is 1. The molecule has 0 aromatic carbocycles. The number of nitrogens with zero attached hydrogens (tertiary/aromatic N) is 2. The second kappa shape index (κ2) is 6.18. The summed E-state index contributed by atoms with van der Waals surface area (Å²) in [6, 6.07) is 1.60. The van der Waals surface area contributed by atoms with Crippen LogP contribution >= 0.6 is 27.5 Å². The Morgan fingerprint density at radius 3 is 2.94 bits per heavy atom. The van der Waals surface area contributed by atoms with E-state index < -0.39 is 0 Å². The van der Waals surface area contributed by atoms with E-state index in [1.54, 1.807) is 13.1 Å². The highest BCUT2D eigenvalue weighted by atomic mass is 79.9. The van der Waals surface area contributed by atoms with Crippen LogP contribution in [-0.4, -0.2) is 30.3 Å². The molecule has 17 heavy (non-hydrogen) atoms. The topological polar surface area (TPSA) is 53.7 Å². The average molecular weight is 325 g/mol. The normalized spacial score (nSPS) is 10.4. The Bertz CT molecular complexity index is 428. The third-order valence-electron chi connectivity index (χ3n) is 2.29. The molecular weight excluding hydrogens is 311 g/mol. The van der Waals surface area contributed by atoms with Crippen LogP contribution in [0.1, 0.15) is 12.0 Å². The molecule has 0 unspecified atom stereocenters. The second-order valence-electron chi connectivity index (χ2n) is 3.39. The Hall–Kier alpha value is -0.850. The summed E-state index contributed by atoms with van der Waals surface area (Å²) < 4.78 is 1.50. The number of amides is 1. The van der Waals surface area contributed by atoms with Crippen LogP contribution in [0.3, 0.4) is 0 Å². The fourth-order valence-corrected chi connectivity index (χ4v) is 1.91. The Morgan fingerprint density at radius 1 is 1.71 bits per heavy atom. The van der Waals surface area contributed by atoms with Crippen LogP contribution in [0.2, 0.25) is 5.15 Å². The lowest BCUT2D eigenvalue weighted by molar-refractivity contribution is -0.903. The van der Waals surface area contributed by atoms with Crippen molar-refractivity contribution in [3.8, 4) is 0 Å². The first-order chi connectivity index (χ1) is 7.95. The summed E-state index contributed by atoms with van der Waals surface area (Å²) in [4.78, 5) is 16.3. The fourth-order valence-electron chi connectivity index (χ4n) is 1.22. The number of carbonyl (C=O) groups excluding carboxylic acids is 1. The summed E-state index contributed by atoms with van der Waals surface area (Å²) in [6.45, 7) is 0. The number of aryl methyl sites for hydroxylation is 1. The number of hydrogen-bond acceptors (Lipinski definition) is 3. The Labute approximate surface area is 113 Å². The Kier molecular flexibility index (Phi) is 5.17. The second-order valence-corrected chi connectivity index (χ2v) is 4.63. The molecule has 1 heterocycles. The molecule has 7 heteroatoms. The zero-order valence-electron chi connectivity index (χ0n) is 9.48. The van der Waals surface area contributed by atoms with E-state index in [1.165, 1.54) is 18.4 Å². The van der Waals surface area contributed by atoms with Gasteiger partial charge in [-0.1, -0.05) is 0 Å². The molecule has 1 aromatic rings. The van der Waals surface area contributed by atoms with Gasteiger partial charge in [0, 0.05) is 24.3 Å². The van der Waals surface area contributed by atoms with Crippen LogP contribution in [0.15, 0.2) is 16.7 Å². The van der Waals surface area contributed by atoms with Crippen molar-refractivity contribution in [1.29, 1.82) is 0 Å². The quantitative estimate of drug-likeness (QED) is 0.396. The number of pyridine rings is 1. The molecule has 1 N–H and O–H groups in total. The number of halogens is 2. The summed E-state index contributed by atoms with van der Waals surface area (Å²) in [5.41, 5.74) is 0.846. The van der Waals surface area contributed by atoms with Gasteiger partial charge in [0.05, 0.1) is 11.6 Å². The predicted octanol–water partition coefficient (Wildman–Crippen LogP) is 1.58. The van der Waals surface area contributed by atoms with Crippen molar-refractivity contribution in [3.63, 3.8) is 0 Å². The van der Waals surface area contributed by atoms with Crippen molar-refractivity contribution in [2.24, 2.45) is 0 Å². The van der Waals surface area contributed by atoms with Crippen LogP contribution < -0.4 is 4.73 Å². The minimum Gasteiger partial charge on any atom is -0.284 e. The molecule has 0 bridgehead atoms. The van der Waals surface area contributed by atoms with Crippen molar-refractivity contribution in [3.05, 3.63) is 27.5 Å². The maximum atomic E-state index is 11.5. The highest BCUT2D eigenvalue weighted by Gasteiger charge is 2.15. The maximum Gasteiger partial charge on any atom is 0.325 e. The molecule has 1 rings (SSSR count). The van der Waals surface area contributed by atoms with Gasteiger partial charge in [0.1, 0.15) is 0 Å². The monoisotopic (exact) mass is 323 g/mol. The van der Waals surface area contributed by atoms with Crippen molar-refractivity contribution in [1.82, 2.24) is 5.06 Å². The highest BCUT2D eigenvalue weighted by molar-refractivity contribution is 9.10. The molecule has 0 atom stereocenters. The van der Waals surface area contributed by atoms with Crippen LogP contribution in [0.4, 0.5) is 0 Å². The minimum absolute atomic E-state index is 0.128. The van der Waals surface area contributed by atoms with Gasteiger partial charge in [0.25, 0.3) is 0 Å². The van der Waals surface area contributed by atoms with E-state index >= 15 is 0 Å². The summed E-state index contributed by atoms with van der Waals surface area (Å²) in [5, 5.41) is 10.6. The van der Waals surface area contributed by atoms with Crippen LogP contribution in [0, 0.1) is 0 Å². The number of rotatable bonds is 4. The smallest absolute Gasteiger partial charge is 0.284 e. The first kappa shape index (κ1) is 14.2. The summed E-state index contributed by atoms with van der Waals surface area (Å²) in [6.07, 6.45) is 2.24. The van der Waals surface area contributed by atoms with E-state index in [0.29, 0.717) is 17.3 Å². The van der Waals surface area contributed by atoms with Crippen molar-refractivity contribution in [2.75, 3.05) is 14.2 Å². The molecule has 0 spiro atoms. The molecule has 1 amide bonds. The first-order valence-corrected chi connectivity index (χ1v) is 6.02. The average Bonchev–Trinajstić information content (AvgIpc) is 2.30. The standard InChI is InChI=1S/C10H13BrClN2O3/c1-13(17-2)10(15)4-3-7-5-9(12)14(16)6-8(7)11/h5-6,16H,3-4H2,1-2H3/q+1. The molecule has 0 saturated carbocycles. The molecule has 94 valence electrons. The van der Waals surface area contributed by atoms with Gasteiger partial charge in [0.15, 0.2) is 0 Å². The SMILES string of the molecule is CON(C)C(=O)CCc1cc(Cl)[n+](O)cc1Br. The van der Waals surface area contributed by atoms with Crippen molar-refractivity contribution < 1.29 is 19.6 Å². The molecule has 0 aliphatic heterocycles. The molecule has 0 aliphatic carbocycles. The summed E-state index contributed by atoms with van der Waals surface area (Å²) in [5.74, 6) is -0.128. The van der Waals surface area contributed by atoms with Crippen LogP contribution in [0.5, 0.6) is 0 Å². The lowest BCUT2D eigenvalue weighted by Gasteiger charge is -2.13. The van der Waals surface area contributed by atoms with Crippen LogP contribution in [-0.2, 0) is 16.1 Å². The Balaban J connectivity index is 2.70. The summed E-state index contributed by atoms with van der Waals surface area (Å²) >= 11 is 9.05. The number of aromatic nitrogens is 1. The van der Waals surface area contributed by atoms with E-state index in [-0.39, 0.29) is 11.1 Å². The summed E-state index contributed by atoms with van der Waals surface area (Å²) in [7, 11) is 2.99. The van der Waals surface area contributed by atoms with Crippen molar-refractivity contribution in [2.45, 2.75) is 12.8 Å². The number of carbonyl (C=O) groups is 1.